The number of nitrogens with two attached hydrogens (primary N) is 1. The summed E-state index contributed by atoms with van der Waals surface area (Å²) in [5.74, 6) is -0.301. The van der Waals surface area contributed by atoms with Gasteiger partial charge in [-0.2, -0.15) is 5.10 Å². The standard InChI is InChI=1S/C16H10ClF2N7/c17-14-9(18)1-2-10(19)15(14)26-6-8-11(25-26)3-4-21-16(8)24-13-5-12(20)22-7-23-13/h1-7H,(H3,20,21,22,23,24). The van der Waals surface area contributed by atoms with Crippen LogP contribution in [0.15, 0.2) is 43.0 Å². The van der Waals surface area contributed by atoms with Crippen molar-refractivity contribution in [3.8, 4) is 5.69 Å². The Morgan fingerprint density at radius 1 is 1.08 bits per heavy atom. The Morgan fingerprint density at radius 3 is 2.69 bits per heavy atom. The van der Waals surface area contributed by atoms with Crippen molar-refractivity contribution >= 4 is 40.0 Å². The van der Waals surface area contributed by atoms with E-state index in [2.05, 4.69) is 25.4 Å². The van der Waals surface area contributed by atoms with Gasteiger partial charge in [-0.1, -0.05) is 11.6 Å². The van der Waals surface area contributed by atoms with Gasteiger partial charge in [-0.15, -0.1) is 0 Å². The number of hydrogen-bond donors (Lipinski definition) is 2. The van der Waals surface area contributed by atoms with E-state index in [1.165, 1.54) is 29.5 Å². The highest BCUT2D eigenvalue weighted by atomic mass is 35.5. The minimum atomic E-state index is -0.740. The van der Waals surface area contributed by atoms with Gasteiger partial charge in [0.2, 0.25) is 0 Å². The third kappa shape index (κ3) is 2.78. The quantitative estimate of drug-likeness (QED) is 0.534. The highest BCUT2D eigenvalue weighted by molar-refractivity contribution is 6.32. The lowest BCUT2D eigenvalue weighted by molar-refractivity contribution is 0.588. The number of halogens is 3. The van der Waals surface area contributed by atoms with E-state index in [-0.39, 0.29) is 10.7 Å². The summed E-state index contributed by atoms with van der Waals surface area (Å²) in [5.41, 5.74) is 5.96. The summed E-state index contributed by atoms with van der Waals surface area (Å²) in [6, 6.07) is 5.12. The third-order valence-electron chi connectivity index (χ3n) is 3.62. The second kappa shape index (κ2) is 6.19. The molecule has 3 aromatic heterocycles. The molecule has 0 radical (unpaired) electrons. The topological polar surface area (TPSA) is 94.5 Å². The highest BCUT2D eigenvalue weighted by Gasteiger charge is 2.17. The van der Waals surface area contributed by atoms with Crippen LogP contribution in [-0.2, 0) is 0 Å². The van der Waals surface area contributed by atoms with Crippen molar-refractivity contribution in [3.05, 3.63) is 59.6 Å². The molecule has 0 fully saturated rings. The largest absolute Gasteiger partial charge is 0.384 e. The zero-order valence-electron chi connectivity index (χ0n) is 13.0. The van der Waals surface area contributed by atoms with Crippen LogP contribution in [0.4, 0.5) is 26.2 Å². The zero-order valence-corrected chi connectivity index (χ0v) is 13.7. The molecule has 0 atom stereocenters. The van der Waals surface area contributed by atoms with Crippen LogP contribution in [0.25, 0.3) is 16.6 Å². The summed E-state index contributed by atoms with van der Waals surface area (Å²) in [5, 5.41) is 7.45. The van der Waals surface area contributed by atoms with E-state index in [9.17, 15) is 8.78 Å². The molecule has 0 unspecified atom stereocenters. The minimum Gasteiger partial charge on any atom is -0.384 e. The first-order valence-corrected chi connectivity index (χ1v) is 7.73. The SMILES string of the molecule is Nc1cc(Nc2nccc3nn(-c4c(F)ccc(F)c4Cl)cc23)ncn1. The Bertz CT molecular complexity index is 1130. The zero-order chi connectivity index (χ0) is 18.3. The third-order valence-corrected chi connectivity index (χ3v) is 3.98. The predicted molar refractivity (Wildman–Crippen MR) is 93.5 cm³/mol. The fraction of sp³-hybridized carbons (Fsp3) is 0. The van der Waals surface area contributed by atoms with Crippen molar-refractivity contribution in [2.75, 3.05) is 11.1 Å². The Morgan fingerprint density at radius 2 is 1.88 bits per heavy atom. The number of benzene rings is 1. The number of pyridine rings is 1. The molecule has 4 aromatic rings. The molecule has 7 nitrogen and oxygen atoms in total. The summed E-state index contributed by atoms with van der Waals surface area (Å²) in [7, 11) is 0. The first-order chi connectivity index (χ1) is 12.5. The van der Waals surface area contributed by atoms with Crippen LogP contribution in [0, 0.1) is 11.6 Å². The maximum absolute atomic E-state index is 14.2. The van der Waals surface area contributed by atoms with Gasteiger partial charge in [-0.05, 0) is 18.2 Å². The molecule has 1 aromatic carbocycles. The molecular weight excluding hydrogens is 364 g/mol. The average molecular weight is 374 g/mol. The van der Waals surface area contributed by atoms with E-state index in [4.69, 9.17) is 17.3 Å². The van der Waals surface area contributed by atoms with Crippen LogP contribution in [0.1, 0.15) is 0 Å². The van der Waals surface area contributed by atoms with E-state index in [1.54, 1.807) is 6.07 Å². The molecule has 10 heteroatoms. The molecule has 0 saturated heterocycles. The number of nitrogens with zero attached hydrogens (tertiary/aromatic N) is 5. The van der Waals surface area contributed by atoms with Crippen molar-refractivity contribution in [1.82, 2.24) is 24.7 Å². The number of nitrogens with one attached hydrogen (secondary N) is 1. The molecule has 0 aliphatic carbocycles. The smallest absolute Gasteiger partial charge is 0.150 e. The van der Waals surface area contributed by atoms with Gasteiger partial charge in [-0.25, -0.2) is 28.4 Å². The molecule has 0 bridgehead atoms. The Labute approximate surface area is 150 Å². The lowest BCUT2D eigenvalue weighted by Gasteiger charge is -2.06. The van der Waals surface area contributed by atoms with Crippen molar-refractivity contribution < 1.29 is 8.78 Å². The number of fused-ring (bicyclic) bond motifs is 1. The van der Waals surface area contributed by atoms with Gasteiger partial charge in [0.1, 0.15) is 40.3 Å². The van der Waals surface area contributed by atoms with Crippen molar-refractivity contribution in [2.24, 2.45) is 0 Å². The lowest BCUT2D eigenvalue weighted by atomic mass is 10.3. The van der Waals surface area contributed by atoms with E-state index in [0.29, 0.717) is 28.4 Å². The first-order valence-electron chi connectivity index (χ1n) is 7.36. The molecule has 0 amide bonds. The fourth-order valence-corrected chi connectivity index (χ4v) is 2.69. The highest BCUT2D eigenvalue weighted by Crippen LogP contribution is 2.29. The number of nitrogen functional groups attached to an aromatic ring is 1. The van der Waals surface area contributed by atoms with E-state index >= 15 is 0 Å². The van der Waals surface area contributed by atoms with Gasteiger partial charge in [0.15, 0.2) is 5.82 Å². The number of rotatable bonds is 3. The molecule has 4 rings (SSSR count). The normalized spacial score (nSPS) is 11.0. The van der Waals surface area contributed by atoms with Crippen LogP contribution in [0.3, 0.4) is 0 Å². The number of hydrogen-bond acceptors (Lipinski definition) is 6. The van der Waals surface area contributed by atoms with Gasteiger partial charge < -0.3 is 11.1 Å². The van der Waals surface area contributed by atoms with Crippen LogP contribution < -0.4 is 11.1 Å². The first kappa shape index (κ1) is 16.2. The molecular formula is C16H10ClF2N7. The van der Waals surface area contributed by atoms with E-state index < -0.39 is 11.6 Å². The van der Waals surface area contributed by atoms with Crippen LogP contribution >= 0.6 is 11.6 Å². The maximum Gasteiger partial charge on any atom is 0.150 e. The van der Waals surface area contributed by atoms with Crippen LogP contribution in [0.2, 0.25) is 5.02 Å². The van der Waals surface area contributed by atoms with Crippen molar-refractivity contribution in [2.45, 2.75) is 0 Å². The number of anilines is 3. The molecule has 26 heavy (non-hydrogen) atoms. The fourth-order valence-electron chi connectivity index (χ4n) is 2.45. The second-order valence-electron chi connectivity index (χ2n) is 5.31. The Balaban J connectivity index is 1.83. The molecule has 3 N–H and O–H groups in total. The molecule has 0 aliphatic heterocycles. The molecule has 130 valence electrons. The second-order valence-corrected chi connectivity index (χ2v) is 5.69. The predicted octanol–water partition coefficient (Wildman–Crippen LogP) is 3.47. The van der Waals surface area contributed by atoms with Crippen molar-refractivity contribution in [1.29, 1.82) is 0 Å². The minimum absolute atomic E-state index is 0.180. The number of aromatic nitrogens is 5. The van der Waals surface area contributed by atoms with Crippen molar-refractivity contribution in [3.63, 3.8) is 0 Å². The van der Waals surface area contributed by atoms with Crippen LogP contribution in [-0.4, -0.2) is 24.7 Å². The average Bonchev–Trinajstić information content (AvgIpc) is 3.03. The summed E-state index contributed by atoms with van der Waals surface area (Å²) < 4.78 is 29.1. The van der Waals surface area contributed by atoms with Gasteiger partial charge in [0.25, 0.3) is 0 Å². The monoisotopic (exact) mass is 373 g/mol. The summed E-state index contributed by atoms with van der Waals surface area (Å²) in [6.07, 6.45) is 4.33. The Kier molecular flexibility index (Phi) is 3.85. The van der Waals surface area contributed by atoms with E-state index in [1.807, 2.05) is 0 Å². The molecule has 0 aliphatic rings. The summed E-state index contributed by atoms with van der Waals surface area (Å²) >= 11 is 5.91. The van der Waals surface area contributed by atoms with Gasteiger partial charge >= 0.3 is 0 Å². The van der Waals surface area contributed by atoms with Gasteiger partial charge in [0.05, 0.1) is 10.9 Å². The maximum atomic E-state index is 14.2. The van der Waals surface area contributed by atoms with Crippen LogP contribution in [0.5, 0.6) is 0 Å². The Hall–Kier alpha value is -3.33. The summed E-state index contributed by atoms with van der Waals surface area (Å²) in [6.45, 7) is 0. The summed E-state index contributed by atoms with van der Waals surface area (Å²) in [4.78, 5) is 12.1. The van der Waals surface area contributed by atoms with E-state index in [0.717, 1.165) is 12.1 Å². The van der Waals surface area contributed by atoms with Gasteiger partial charge in [0, 0.05) is 18.5 Å². The molecule has 0 spiro atoms. The molecule has 0 saturated carbocycles. The molecule has 3 heterocycles. The lowest BCUT2D eigenvalue weighted by Crippen LogP contribution is -2.01. The van der Waals surface area contributed by atoms with Gasteiger partial charge in [-0.3, -0.25) is 0 Å².